The number of benzene rings is 2. The van der Waals surface area contributed by atoms with Gasteiger partial charge in [-0.3, -0.25) is 9.59 Å². The van der Waals surface area contributed by atoms with Gasteiger partial charge in [0.1, 0.15) is 0 Å². The zero-order valence-corrected chi connectivity index (χ0v) is 15.9. The Bertz CT molecular complexity index is 784. The third-order valence-electron chi connectivity index (χ3n) is 3.40. The fourth-order valence-electron chi connectivity index (χ4n) is 2.03. The van der Waals surface area contributed by atoms with E-state index in [1.165, 1.54) is 12.4 Å². The van der Waals surface area contributed by atoms with Gasteiger partial charge in [-0.15, -0.1) is 0 Å². The molecule has 0 spiro atoms. The van der Waals surface area contributed by atoms with Crippen molar-refractivity contribution in [2.24, 2.45) is 10.2 Å². The van der Waals surface area contributed by atoms with Gasteiger partial charge in [0.25, 0.3) is 0 Å². The van der Waals surface area contributed by atoms with Gasteiger partial charge >= 0.3 is 0 Å². The molecule has 0 radical (unpaired) electrons. The van der Waals surface area contributed by atoms with E-state index in [0.717, 1.165) is 0 Å². The van der Waals surface area contributed by atoms with Crippen LogP contribution in [0, 0.1) is 0 Å². The second-order valence-corrected chi connectivity index (χ2v) is 6.30. The minimum absolute atomic E-state index is 0.168. The Labute approximate surface area is 167 Å². The summed E-state index contributed by atoms with van der Waals surface area (Å²) < 4.78 is 0. The molecule has 140 valence electrons. The SMILES string of the molecule is O=C(CCCC(=O)N/N=C/c1ccccc1Cl)N/N=C\c1ccccc1Cl. The quantitative estimate of drug-likeness (QED) is 0.518. The summed E-state index contributed by atoms with van der Waals surface area (Å²) >= 11 is 12.0. The first-order valence-electron chi connectivity index (χ1n) is 8.19. The van der Waals surface area contributed by atoms with E-state index in [2.05, 4.69) is 21.1 Å². The van der Waals surface area contributed by atoms with Gasteiger partial charge in [0.15, 0.2) is 0 Å². The molecule has 0 saturated carbocycles. The molecule has 0 bridgehead atoms. The van der Waals surface area contributed by atoms with E-state index in [4.69, 9.17) is 23.2 Å². The Morgan fingerprint density at radius 2 is 1.19 bits per heavy atom. The first-order chi connectivity index (χ1) is 13.1. The summed E-state index contributed by atoms with van der Waals surface area (Å²) in [5.41, 5.74) is 6.21. The van der Waals surface area contributed by atoms with Gasteiger partial charge in [0.05, 0.1) is 12.4 Å². The lowest BCUT2D eigenvalue weighted by Gasteiger charge is -2.01. The van der Waals surface area contributed by atoms with Crippen molar-refractivity contribution in [2.75, 3.05) is 0 Å². The van der Waals surface area contributed by atoms with Crippen LogP contribution in [-0.4, -0.2) is 24.2 Å². The summed E-state index contributed by atoms with van der Waals surface area (Å²) in [6, 6.07) is 14.3. The van der Waals surface area contributed by atoms with Crippen LogP contribution in [0.1, 0.15) is 30.4 Å². The Morgan fingerprint density at radius 1 is 0.778 bits per heavy atom. The van der Waals surface area contributed by atoms with Gasteiger partial charge in [-0.2, -0.15) is 10.2 Å². The summed E-state index contributed by atoms with van der Waals surface area (Å²) in [5.74, 6) is -0.573. The van der Waals surface area contributed by atoms with E-state index >= 15 is 0 Å². The Hall–Kier alpha value is -2.70. The lowest BCUT2D eigenvalue weighted by molar-refractivity contribution is -0.122. The van der Waals surface area contributed by atoms with Gasteiger partial charge in [0.2, 0.25) is 11.8 Å². The lowest BCUT2D eigenvalue weighted by atomic mass is 10.2. The molecular weight excluding hydrogens is 387 g/mol. The van der Waals surface area contributed by atoms with Crippen molar-refractivity contribution >= 4 is 47.4 Å². The highest BCUT2D eigenvalue weighted by molar-refractivity contribution is 6.33. The van der Waals surface area contributed by atoms with Crippen molar-refractivity contribution in [1.29, 1.82) is 0 Å². The molecule has 2 amide bonds. The average molecular weight is 405 g/mol. The van der Waals surface area contributed by atoms with E-state index in [-0.39, 0.29) is 24.7 Å². The summed E-state index contributed by atoms with van der Waals surface area (Å²) in [6.07, 6.45) is 3.65. The highest BCUT2D eigenvalue weighted by Gasteiger charge is 2.04. The molecule has 2 N–H and O–H groups in total. The lowest BCUT2D eigenvalue weighted by Crippen LogP contribution is -2.20. The number of amides is 2. The van der Waals surface area contributed by atoms with Crippen molar-refractivity contribution in [3.05, 3.63) is 69.7 Å². The molecule has 2 aromatic rings. The maximum Gasteiger partial charge on any atom is 0.240 e. The largest absolute Gasteiger partial charge is 0.273 e. The third kappa shape index (κ3) is 7.60. The molecule has 0 heterocycles. The number of hydrogen-bond acceptors (Lipinski definition) is 4. The van der Waals surface area contributed by atoms with Gasteiger partial charge in [-0.1, -0.05) is 59.6 Å². The van der Waals surface area contributed by atoms with Crippen LogP contribution in [0.3, 0.4) is 0 Å². The molecule has 0 aromatic heterocycles. The third-order valence-corrected chi connectivity index (χ3v) is 4.09. The normalized spacial score (nSPS) is 11.0. The van der Waals surface area contributed by atoms with Crippen LogP contribution < -0.4 is 10.9 Å². The molecule has 2 rings (SSSR count). The number of rotatable bonds is 8. The van der Waals surface area contributed by atoms with Gasteiger partial charge in [-0.25, -0.2) is 10.9 Å². The molecule has 0 atom stereocenters. The highest BCUT2D eigenvalue weighted by atomic mass is 35.5. The standard InChI is InChI=1S/C19H18Cl2N4O2/c20-16-8-3-1-6-14(16)12-22-24-18(26)10-5-11-19(27)25-23-13-15-7-2-4-9-17(15)21/h1-4,6-9,12-13H,5,10-11H2,(H,24,26)(H,25,27)/b22-12-,23-13+. The predicted molar refractivity (Wildman–Crippen MR) is 108 cm³/mol. The fourth-order valence-corrected chi connectivity index (χ4v) is 2.40. The van der Waals surface area contributed by atoms with Crippen molar-refractivity contribution in [3.8, 4) is 0 Å². The number of halogens is 2. The topological polar surface area (TPSA) is 82.9 Å². The Morgan fingerprint density at radius 3 is 1.59 bits per heavy atom. The number of hydrazone groups is 2. The number of hydrogen-bond donors (Lipinski definition) is 2. The minimum atomic E-state index is -0.286. The number of nitrogens with zero attached hydrogens (tertiary/aromatic N) is 2. The van der Waals surface area contributed by atoms with E-state index < -0.39 is 0 Å². The molecular formula is C19H18Cl2N4O2. The minimum Gasteiger partial charge on any atom is -0.273 e. The Kier molecular flexibility index (Phi) is 8.48. The summed E-state index contributed by atoms with van der Waals surface area (Å²) in [7, 11) is 0. The van der Waals surface area contributed by atoms with Gasteiger partial charge in [0, 0.05) is 34.0 Å². The smallest absolute Gasteiger partial charge is 0.240 e. The van der Waals surface area contributed by atoms with Crippen molar-refractivity contribution in [1.82, 2.24) is 10.9 Å². The summed E-state index contributed by atoms with van der Waals surface area (Å²) in [6.45, 7) is 0. The number of carbonyl (C=O) groups excluding carboxylic acids is 2. The van der Waals surface area contributed by atoms with Crippen LogP contribution in [0.5, 0.6) is 0 Å². The van der Waals surface area contributed by atoms with E-state index in [1.807, 2.05) is 24.3 Å². The maximum absolute atomic E-state index is 11.7. The zero-order valence-electron chi connectivity index (χ0n) is 14.4. The maximum atomic E-state index is 11.7. The first kappa shape index (κ1) is 20.6. The van der Waals surface area contributed by atoms with E-state index in [0.29, 0.717) is 27.6 Å². The monoisotopic (exact) mass is 404 g/mol. The van der Waals surface area contributed by atoms with Crippen molar-refractivity contribution in [2.45, 2.75) is 19.3 Å². The van der Waals surface area contributed by atoms with E-state index in [1.54, 1.807) is 24.3 Å². The molecule has 0 saturated heterocycles. The van der Waals surface area contributed by atoms with E-state index in [9.17, 15) is 9.59 Å². The zero-order chi connectivity index (χ0) is 19.5. The average Bonchev–Trinajstić information content (AvgIpc) is 2.65. The molecule has 0 unspecified atom stereocenters. The molecule has 6 nitrogen and oxygen atoms in total. The summed E-state index contributed by atoms with van der Waals surface area (Å²) in [4.78, 5) is 23.4. The second kappa shape index (κ2) is 11.1. The molecule has 27 heavy (non-hydrogen) atoms. The van der Waals surface area contributed by atoms with Crippen LogP contribution in [0.4, 0.5) is 0 Å². The van der Waals surface area contributed by atoms with Crippen LogP contribution in [0.25, 0.3) is 0 Å². The van der Waals surface area contributed by atoms with Crippen LogP contribution in [-0.2, 0) is 9.59 Å². The van der Waals surface area contributed by atoms with Crippen LogP contribution in [0.2, 0.25) is 10.0 Å². The molecule has 8 heteroatoms. The van der Waals surface area contributed by atoms with Gasteiger partial charge in [-0.05, 0) is 18.6 Å². The number of nitrogens with one attached hydrogen (secondary N) is 2. The second-order valence-electron chi connectivity index (χ2n) is 5.48. The summed E-state index contributed by atoms with van der Waals surface area (Å²) in [5, 5.41) is 8.78. The fraction of sp³-hybridized carbons (Fsp3) is 0.158. The predicted octanol–water partition coefficient (Wildman–Crippen LogP) is 3.76. The Balaban J connectivity index is 1.65. The van der Waals surface area contributed by atoms with Crippen LogP contribution >= 0.6 is 23.2 Å². The number of carbonyl (C=O) groups is 2. The molecule has 0 aliphatic carbocycles. The molecule has 0 aliphatic heterocycles. The van der Waals surface area contributed by atoms with Crippen molar-refractivity contribution in [3.63, 3.8) is 0 Å². The molecule has 0 aliphatic rings. The first-order valence-corrected chi connectivity index (χ1v) is 8.94. The highest BCUT2D eigenvalue weighted by Crippen LogP contribution is 2.12. The molecule has 2 aromatic carbocycles. The van der Waals surface area contributed by atoms with Gasteiger partial charge < -0.3 is 0 Å². The van der Waals surface area contributed by atoms with Crippen LogP contribution in [0.15, 0.2) is 58.7 Å². The van der Waals surface area contributed by atoms with Crippen molar-refractivity contribution < 1.29 is 9.59 Å². The molecule has 0 fully saturated rings.